The van der Waals surface area contributed by atoms with E-state index in [1.54, 1.807) is 30.3 Å². The summed E-state index contributed by atoms with van der Waals surface area (Å²) in [5.74, 6) is -1.18. The van der Waals surface area contributed by atoms with Gasteiger partial charge >= 0.3 is 0 Å². The van der Waals surface area contributed by atoms with Crippen molar-refractivity contribution < 1.29 is 14.5 Å². The van der Waals surface area contributed by atoms with E-state index in [4.69, 9.17) is 0 Å². The van der Waals surface area contributed by atoms with Crippen molar-refractivity contribution in [3.05, 3.63) is 110 Å². The molecule has 10 heteroatoms. The number of hydrogen-bond acceptors (Lipinski definition) is 6. The van der Waals surface area contributed by atoms with Gasteiger partial charge in [0.25, 0.3) is 17.5 Å². The van der Waals surface area contributed by atoms with Crippen molar-refractivity contribution in [2.45, 2.75) is 0 Å². The van der Waals surface area contributed by atoms with Gasteiger partial charge in [-0.05, 0) is 48.0 Å². The molecule has 0 radical (unpaired) electrons. The zero-order chi connectivity index (χ0) is 25.4. The van der Waals surface area contributed by atoms with Gasteiger partial charge in [-0.3, -0.25) is 19.7 Å². The highest BCUT2D eigenvalue weighted by Crippen LogP contribution is 2.17. The number of anilines is 1. The van der Waals surface area contributed by atoms with Crippen LogP contribution in [0.4, 0.5) is 11.4 Å². The van der Waals surface area contributed by atoms with Crippen LogP contribution in [0.3, 0.4) is 0 Å². The second-order valence-corrected chi connectivity index (χ2v) is 8.44. The molecule has 0 bridgehead atoms. The van der Waals surface area contributed by atoms with Gasteiger partial charge in [-0.1, -0.05) is 46.3 Å². The van der Waals surface area contributed by atoms with Crippen LogP contribution in [-0.4, -0.2) is 37.0 Å². The number of amides is 2. The summed E-state index contributed by atoms with van der Waals surface area (Å²) in [4.78, 5) is 38.3. The average Bonchev–Trinajstić information content (AvgIpc) is 2.84. The van der Waals surface area contributed by atoms with Crippen molar-refractivity contribution in [2.75, 3.05) is 19.0 Å². The van der Waals surface area contributed by atoms with Crippen LogP contribution in [0, 0.1) is 10.1 Å². The number of nitrogens with zero attached hydrogens (tertiary/aromatic N) is 3. The number of halogens is 1. The maximum absolute atomic E-state index is 12.9. The van der Waals surface area contributed by atoms with Gasteiger partial charge in [-0.2, -0.15) is 5.10 Å². The lowest BCUT2D eigenvalue weighted by Crippen LogP contribution is -2.32. The first kappa shape index (κ1) is 25.3. The van der Waals surface area contributed by atoms with Crippen molar-refractivity contribution in [3.63, 3.8) is 0 Å². The van der Waals surface area contributed by atoms with E-state index in [9.17, 15) is 19.7 Å². The molecule has 0 aromatic heterocycles. The predicted molar refractivity (Wildman–Crippen MR) is 139 cm³/mol. The second-order valence-electron chi connectivity index (χ2n) is 7.52. The molecule has 35 heavy (non-hydrogen) atoms. The van der Waals surface area contributed by atoms with Crippen LogP contribution in [0.1, 0.15) is 21.5 Å². The molecule has 9 nitrogen and oxygen atoms in total. The number of nitro benzene ring substituents is 1. The van der Waals surface area contributed by atoms with E-state index < -0.39 is 16.7 Å². The summed E-state index contributed by atoms with van der Waals surface area (Å²) in [5, 5.41) is 17.6. The average molecular weight is 536 g/mol. The number of carbonyl (C=O) groups excluding carboxylic acids is 2. The fourth-order valence-electron chi connectivity index (χ4n) is 3.00. The van der Waals surface area contributed by atoms with Gasteiger partial charge < -0.3 is 10.2 Å². The summed E-state index contributed by atoms with van der Waals surface area (Å²) in [6.07, 6.45) is 2.70. The lowest BCUT2D eigenvalue weighted by molar-refractivity contribution is -0.385. The Balaban J connectivity index is 1.86. The Bertz CT molecular complexity index is 1300. The molecule has 0 aliphatic carbocycles. The Kier molecular flexibility index (Phi) is 8.47. The zero-order valence-electron chi connectivity index (χ0n) is 18.9. The van der Waals surface area contributed by atoms with E-state index in [0.717, 1.165) is 5.69 Å². The summed E-state index contributed by atoms with van der Waals surface area (Å²) < 4.78 is 0.716. The van der Waals surface area contributed by atoms with Gasteiger partial charge in [0.2, 0.25) is 0 Å². The van der Waals surface area contributed by atoms with Crippen LogP contribution in [0.5, 0.6) is 0 Å². The lowest BCUT2D eigenvalue weighted by Gasteiger charge is -2.13. The monoisotopic (exact) mass is 535 g/mol. The highest BCUT2D eigenvalue weighted by Gasteiger charge is 2.15. The van der Waals surface area contributed by atoms with Crippen molar-refractivity contribution >= 4 is 51.4 Å². The van der Waals surface area contributed by atoms with E-state index in [2.05, 4.69) is 31.8 Å². The van der Waals surface area contributed by atoms with Crippen molar-refractivity contribution in [1.29, 1.82) is 0 Å². The molecule has 0 saturated carbocycles. The first-order valence-electron chi connectivity index (χ1n) is 10.4. The molecule has 3 aromatic rings. The van der Waals surface area contributed by atoms with Crippen LogP contribution in [0.15, 0.2) is 88.1 Å². The molecule has 0 fully saturated rings. The maximum atomic E-state index is 12.9. The van der Waals surface area contributed by atoms with Gasteiger partial charge in [0, 0.05) is 35.9 Å². The van der Waals surface area contributed by atoms with Crippen LogP contribution in [0.25, 0.3) is 6.08 Å². The molecule has 0 atom stereocenters. The summed E-state index contributed by atoms with van der Waals surface area (Å²) in [6.45, 7) is 0. The van der Waals surface area contributed by atoms with Crippen molar-refractivity contribution in [3.8, 4) is 0 Å². The van der Waals surface area contributed by atoms with Crippen LogP contribution < -0.4 is 15.6 Å². The van der Waals surface area contributed by atoms with Gasteiger partial charge in [0.05, 0.1) is 16.7 Å². The number of hydrazone groups is 1. The third-order valence-corrected chi connectivity index (χ3v) is 5.30. The minimum atomic E-state index is -0.695. The first-order chi connectivity index (χ1) is 16.7. The number of benzene rings is 3. The molecule has 3 aromatic carbocycles. The number of para-hydroxylation sites is 1. The second kappa shape index (κ2) is 11.7. The van der Waals surface area contributed by atoms with E-state index >= 15 is 0 Å². The SMILES string of the molecule is CN(C)c1ccc(/C=C(\NC(=O)c2cccc(Br)c2)C(=O)N/N=C/c2ccccc2[N+](=O)[O-])cc1. The molecule has 0 aliphatic rings. The topological polar surface area (TPSA) is 117 Å². The van der Waals surface area contributed by atoms with Crippen LogP contribution >= 0.6 is 15.9 Å². The summed E-state index contributed by atoms with van der Waals surface area (Å²) in [5.41, 5.74) is 4.35. The Morgan fingerprint density at radius 3 is 2.40 bits per heavy atom. The Morgan fingerprint density at radius 1 is 1.03 bits per heavy atom. The molecular formula is C25H22BrN5O4. The lowest BCUT2D eigenvalue weighted by atomic mass is 10.1. The fourth-order valence-corrected chi connectivity index (χ4v) is 3.40. The van der Waals surface area contributed by atoms with Crippen molar-refractivity contribution in [2.24, 2.45) is 5.10 Å². The summed E-state index contributed by atoms with van der Waals surface area (Å²) >= 11 is 3.33. The van der Waals surface area contributed by atoms with Crippen LogP contribution in [-0.2, 0) is 4.79 Å². The normalized spacial score (nSPS) is 11.2. The minimum Gasteiger partial charge on any atom is -0.378 e. The van der Waals surface area contributed by atoms with Crippen LogP contribution in [0.2, 0.25) is 0 Å². The molecule has 0 aliphatic heterocycles. The van der Waals surface area contributed by atoms with Crippen molar-refractivity contribution in [1.82, 2.24) is 10.7 Å². The number of hydrogen-bond donors (Lipinski definition) is 2. The molecule has 3 rings (SSSR count). The highest BCUT2D eigenvalue weighted by atomic mass is 79.9. The third-order valence-electron chi connectivity index (χ3n) is 4.80. The van der Waals surface area contributed by atoms with E-state index in [-0.39, 0.29) is 16.9 Å². The first-order valence-corrected chi connectivity index (χ1v) is 11.2. The third kappa shape index (κ3) is 7.08. The van der Waals surface area contributed by atoms with Gasteiger partial charge in [-0.25, -0.2) is 5.43 Å². The molecule has 0 saturated heterocycles. The Hall–Kier alpha value is -4.31. The minimum absolute atomic E-state index is 0.0488. The zero-order valence-corrected chi connectivity index (χ0v) is 20.5. The largest absolute Gasteiger partial charge is 0.378 e. The molecule has 2 amide bonds. The molecule has 178 valence electrons. The fraction of sp³-hybridized carbons (Fsp3) is 0.0800. The molecular weight excluding hydrogens is 514 g/mol. The van der Waals surface area contributed by atoms with Gasteiger partial charge in [-0.15, -0.1) is 0 Å². The van der Waals surface area contributed by atoms with E-state index in [0.29, 0.717) is 15.6 Å². The number of rotatable bonds is 8. The smallest absolute Gasteiger partial charge is 0.287 e. The number of carbonyl (C=O) groups is 2. The van der Waals surface area contributed by atoms with Gasteiger partial charge in [0.1, 0.15) is 5.70 Å². The quantitative estimate of drug-likeness (QED) is 0.192. The Labute approximate surface area is 210 Å². The Morgan fingerprint density at radius 2 is 1.74 bits per heavy atom. The highest BCUT2D eigenvalue weighted by molar-refractivity contribution is 9.10. The van der Waals surface area contributed by atoms with Gasteiger partial charge in [0.15, 0.2) is 0 Å². The molecule has 0 spiro atoms. The van der Waals surface area contributed by atoms with E-state index in [1.807, 2.05) is 43.3 Å². The summed E-state index contributed by atoms with van der Waals surface area (Å²) in [7, 11) is 3.83. The molecule has 0 unspecified atom stereocenters. The molecule has 0 heterocycles. The number of nitro groups is 1. The molecule has 2 N–H and O–H groups in total. The summed E-state index contributed by atoms with van der Waals surface area (Å²) in [6, 6.07) is 20.1. The maximum Gasteiger partial charge on any atom is 0.287 e. The van der Waals surface area contributed by atoms with E-state index in [1.165, 1.54) is 30.5 Å². The predicted octanol–water partition coefficient (Wildman–Crippen LogP) is 4.34. The number of nitrogens with one attached hydrogen (secondary N) is 2. The standard InChI is InChI=1S/C25H22BrN5O4/c1-30(2)21-12-10-17(11-13-21)14-22(28-24(32)18-7-5-8-20(26)15-18)25(33)29-27-16-19-6-3-4-9-23(19)31(34)35/h3-16H,1-2H3,(H,28,32)(H,29,33)/b22-14-,27-16+.